The second-order valence-corrected chi connectivity index (χ2v) is 6.22. The molecule has 0 bridgehead atoms. The van der Waals surface area contributed by atoms with Gasteiger partial charge in [0.25, 0.3) is 0 Å². The zero-order valence-corrected chi connectivity index (χ0v) is 12.9. The first-order valence-corrected chi connectivity index (χ1v) is 7.54. The van der Waals surface area contributed by atoms with E-state index in [9.17, 15) is 9.18 Å². The van der Waals surface area contributed by atoms with Crippen LogP contribution in [0.5, 0.6) is 5.75 Å². The Morgan fingerprint density at radius 1 is 1.45 bits per heavy atom. The minimum atomic E-state index is -0.364. The summed E-state index contributed by atoms with van der Waals surface area (Å²) < 4.78 is 24.3. The number of carbonyl (C=O) groups excluding carboxylic acids is 1. The lowest BCUT2D eigenvalue weighted by atomic mass is 10.1. The molecule has 0 amide bonds. The van der Waals surface area contributed by atoms with Crippen molar-refractivity contribution < 1.29 is 18.7 Å². The van der Waals surface area contributed by atoms with Crippen molar-refractivity contribution in [1.82, 2.24) is 0 Å². The van der Waals surface area contributed by atoms with Crippen molar-refractivity contribution in [1.29, 1.82) is 0 Å². The summed E-state index contributed by atoms with van der Waals surface area (Å²) in [5.74, 6) is -0.216. The van der Waals surface area contributed by atoms with Gasteiger partial charge in [-0.05, 0) is 33.6 Å². The Labute approximate surface area is 127 Å². The summed E-state index contributed by atoms with van der Waals surface area (Å²) in [5, 5.41) is 0. The van der Waals surface area contributed by atoms with Crippen LogP contribution in [0.15, 0.2) is 22.7 Å². The van der Waals surface area contributed by atoms with E-state index >= 15 is 0 Å². The van der Waals surface area contributed by atoms with Crippen LogP contribution < -0.4 is 4.74 Å². The van der Waals surface area contributed by atoms with Crippen molar-refractivity contribution in [2.45, 2.75) is 6.42 Å². The highest BCUT2D eigenvalue weighted by Gasteiger charge is 2.22. The molecule has 0 saturated heterocycles. The number of esters is 1. The van der Waals surface area contributed by atoms with Crippen LogP contribution in [0.1, 0.15) is 15.2 Å². The fraction of sp³-hybridized carbons (Fsp3) is 0.214. The molecule has 0 aliphatic carbocycles. The predicted molar refractivity (Wildman–Crippen MR) is 78.0 cm³/mol. The summed E-state index contributed by atoms with van der Waals surface area (Å²) in [6, 6.07) is 4.87. The second-order valence-electron chi connectivity index (χ2n) is 4.32. The molecule has 0 radical (unpaired) electrons. The van der Waals surface area contributed by atoms with Gasteiger partial charge in [-0.25, -0.2) is 9.18 Å². The highest BCUT2D eigenvalue weighted by Crippen LogP contribution is 2.42. The van der Waals surface area contributed by atoms with E-state index in [0.29, 0.717) is 28.1 Å². The van der Waals surface area contributed by atoms with E-state index in [4.69, 9.17) is 9.47 Å². The maximum absolute atomic E-state index is 13.6. The Kier molecular flexibility index (Phi) is 3.52. The zero-order valence-electron chi connectivity index (χ0n) is 10.5. The molecule has 2 aromatic rings. The average molecular weight is 357 g/mol. The SMILES string of the molecule is COC(=O)c1cc2c(s1)-c1cc(Br)c(F)cc1OCC2. The molecule has 0 spiro atoms. The normalized spacial score (nSPS) is 12.9. The Balaban J connectivity index is 2.18. The molecule has 0 fully saturated rings. The Hall–Kier alpha value is -1.40. The summed E-state index contributed by atoms with van der Waals surface area (Å²) in [4.78, 5) is 13.1. The summed E-state index contributed by atoms with van der Waals surface area (Å²) in [6.07, 6.45) is 0.677. The second kappa shape index (κ2) is 5.18. The van der Waals surface area contributed by atoms with E-state index in [-0.39, 0.29) is 11.8 Å². The van der Waals surface area contributed by atoms with Crippen molar-refractivity contribution in [3.05, 3.63) is 38.9 Å². The van der Waals surface area contributed by atoms with Gasteiger partial charge in [-0.1, -0.05) is 0 Å². The molecule has 1 aliphatic heterocycles. The maximum atomic E-state index is 13.6. The molecule has 1 aliphatic rings. The Bertz CT molecular complexity index is 696. The molecule has 0 N–H and O–H groups in total. The largest absolute Gasteiger partial charge is 0.492 e. The van der Waals surface area contributed by atoms with Crippen molar-refractivity contribution in [2.75, 3.05) is 13.7 Å². The molecule has 1 aromatic heterocycles. The summed E-state index contributed by atoms with van der Waals surface area (Å²) in [5.41, 5.74) is 1.82. The van der Waals surface area contributed by atoms with Gasteiger partial charge in [0.15, 0.2) is 0 Å². The summed E-state index contributed by atoms with van der Waals surface area (Å²) in [7, 11) is 1.36. The third-order valence-corrected chi connectivity index (χ3v) is 4.89. The quantitative estimate of drug-likeness (QED) is 0.723. The van der Waals surface area contributed by atoms with Gasteiger partial charge >= 0.3 is 5.97 Å². The third-order valence-electron chi connectivity index (χ3n) is 3.09. The van der Waals surface area contributed by atoms with Gasteiger partial charge in [0.2, 0.25) is 0 Å². The van der Waals surface area contributed by atoms with Crippen molar-refractivity contribution >= 4 is 33.2 Å². The van der Waals surface area contributed by atoms with Crippen LogP contribution in [-0.4, -0.2) is 19.7 Å². The van der Waals surface area contributed by atoms with Gasteiger partial charge in [0.05, 0.1) is 18.2 Å². The van der Waals surface area contributed by atoms with E-state index in [0.717, 1.165) is 16.0 Å². The first kappa shape index (κ1) is 13.6. The Morgan fingerprint density at radius 3 is 3.00 bits per heavy atom. The maximum Gasteiger partial charge on any atom is 0.348 e. The summed E-state index contributed by atoms with van der Waals surface area (Å²) in [6.45, 7) is 0.457. The van der Waals surface area contributed by atoms with Gasteiger partial charge in [0.1, 0.15) is 16.4 Å². The molecule has 3 nitrogen and oxygen atoms in total. The molecule has 6 heteroatoms. The number of hydrogen-bond donors (Lipinski definition) is 0. The van der Waals surface area contributed by atoms with E-state index in [2.05, 4.69) is 15.9 Å². The van der Waals surface area contributed by atoms with E-state index in [1.165, 1.54) is 24.5 Å². The topological polar surface area (TPSA) is 35.5 Å². The lowest BCUT2D eigenvalue weighted by molar-refractivity contribution is 0.0606. The number of fused-ring (bicyclic) bond motifs is 3. The van der Waals surface area contributed by atoms with Gasteiger partial charge in [-0.2, -0.15) is 0 Å². The van der Waals surface area contributed by atoms with Crippen LogP contribution in [0.4, 0.5) is 4.39 Å². The smallest absolute Gasteiger partial charge is 0.348 e. The van der Waals surface area contributed by atoms with Gasteiger partial charge in [0, 0.05) is 22.9 Å². The van der Waals surface area contributed by atoms with Crippen LogP contribution in [0, 0.1) is 5.82 Å². The average Bonchev–Trinajstić information content (AvgIpc) is 2.79. The lowest BCUT2D eigenvalue weighted by Gasteiger charge is -2.08. The molecule has 1 aromatic carbocycles. The lowest BCUT2D eigenvalue weighted by Crippen LogP contribution is -2.00. The number of benzene rings is 1. The van der Waals surface area contributed by atoms with Crippen molar-refractivity contribution in [3.63, 3.8) is 0 Å². The van der Waals surface area contributed by atoms with Crippen LogP contribution in [0.25, 0.3) is 10.4 Å². The highest BCUT2D eigenvalue weighted by molar-refractivity contribution is 9.10. The van der Waals surface area contributed by atoms with Gasteiger partial charge in [-0.3, -0.25) is 0 Å². The predicted octanol–water partition coefficient (Wildman–Crippen LogP) is 4.04. The number of thiophene rings is 1. The van der Waals surface area contributed by atoms with Crippen LogP contribution in [0.3, 0.4) is 0 Å². The van der Waals surface area contributed by atoms with Gasteiger partial charge in [-0.15, -0.1) is 11.3 Å². The number of carbonyl (C=O) groups is 1. The zero-order chi connectivity index (χ0) is 14.3. The number of hydrogen-bond acceptors (Lipinski definition) is 4. The Morgan fingerprint density at radius 2 is 2.25 bits per heavy atom. The van der Waals surface area contributed by atoms with Crippen LogP contribution in [-0.2, 0) is 11.2 Å². The molecule has 0 saturated carbocycles. The van der Waals surface area contributed by atoms with Crippen LogP contribution >= 0.6 is 27.3 Å². The molecule has 0 atom stereocenters. The molecular formula is C14H10BrFO3S. The molecule has 0 unspecified atom stereocenters. The number of rotatable bonds is 1. The highest BCUT2D eigenvalue weighted by atomic mass is 79.9. The van der Waals surface area contributed by atoms with E-state index in [1.807, 2.05) is 6.07 Å². The minimum absolute atomic E-state index is 0.355. The van der Waals surface area contributed by atoms with E-state index in [1.54, 1.807) is 6.07 Å². The molecule has 2 heterocycles. The first-order chi connectivity index (χ1) is 9.60. The third kappa shape index (κ3) is 2.23. The number of ether oxygens (including phenoxy) is 2. The molecule has 3 rings (SSSR count). The minimum Gasteiger partial charge on any atom is -0.492 e. The van der Waals surface area contributed by atoms with Gasteiger partial charge < -0.3 is 9.47 Å². The number of halogens is 2. The molecular weight excluding hydrogens is 347 g/mol. The molecule has 20 heavy (non-hydrogen) atoms. The van der Waals surface area contributed by atoms with Crippen molar-refractivity contribution in [3.8, 4) is 16.2 Å². The van der Waals surface area contributed by atoms with Crippen LogP contribution in [0.2, 0.25) is 0 Å². The fourth-order valence-electron chi connectivity index (χ4n) is 2.14. The standard InChI is InChI=1S/C14H10BrFO3S/c1-18-14(17)12-4-7-2-3-19-11-6-10(16)9(15)5-8(11)13(7)20-12/h4-6H,2-3H2,1H3. The summed E-state index contributed by atoms with van der Waals surface area (Å²) >= 11 is 4.52. The monoisotopic (exact) mass is 356 g/mol. The molecule has 104 valence electrons. The van der Waals surface area contributed by atoms with E-state index < -0.39 is 0 Å². The first-order valence-electron chi connectivity index (χ1n) is 5.93. The fourth-order valence-corrected chi connectivity index (χ4v) is 3.63. The van der Waals surface area contributed by atoms with Crippen molar-refractivity contribution in [2.24, 2.45) is 0 Å². The number of methoxy groups -OCH3 is 1.